The molecule has 1 aromatic rings. The third-order valence-electron chi connectivity index (χ3n) is 3.04. The van der Waals surface area contributed by atoms with E-state index in [1.54, 1.807) is 12.1 Å². The molecule has 0 radical (unpaired) electrons. The maximum atomic E-state index is 12.2. The maximum Gasteiger partial charge on any atom is 0.573 e. The zero-order valence-corrected chi connectivity index (χ0v) is 13.2. The number of nitrogens with one attached hydrogen (secondary N) is 1. The van der Waals surface area contributed by atoms with Crippen molar-refractivity contribution in [2.24, 2.45) is 5.92 Å². The van der Waals surface area contributed by atoms with Gasteiger partial charge < -0.3 is 10.1 Å². The molecule has 0 unspecified atom stereocenters. The van der Waals surface area contributed by atoms with Crippen LogP contribution < -0.4 is 10.1 Å². The normalized spacial score (nSPS) is 13.5. The molecule has 0 aliphatic rings. The fourth-order valence-corrected chi connectivity index (χ4v) is 2.11. The number of carbonyl (C=O) groups excluding carboxylic acids is 1. The Morgan fingerprint density at radius 3 is 2.09 bits per heavy atom. The number of hydrogen-bond acceptors (Lipinski definition) is 3. The molecule has 22 heavy (non-hydrogen) atoms. The van der Waals surface area contributed by atoms with Crippen molar-refractivity contribution in [1.29, 1.82) is 0 Å². The molecule has 6 heteroatoms. The van der Waals surface area contributed by atoms with Crippen LogP contribution in [0, 0.1) is 5.92 Å². The lowest BCUT2D eigenvalue weighted by atomic mass is 9.95. The molecule has 0 aliphatic carbocycles. The van der Waals surface area contributed by atoms with Gasteiger partial charge in [-0.25, -0.2) is 0 Å². The van der Waals surface area contributed by atoms with Gasteiger partial charge in [-0.3, -0.25) is 4.79 Å². The Bertz CT molecular complexity index is 481. The monoisotopic (exact) mass is 317 g/mol. The van der Waals surface area contributed by atoms with Crippen LogP contribution in [0.25, 0.3) is 0 Å². The molecule has 0 amide bonds. The average molecular weight is 317 g/mol. The highest BCUT2D eigenvalue weighted by Gasteiger charge is 2.31. The van der Waals surface area contributed by atoms with Gasteiger partial charge in [-0.1, -0.05) is 39.8 Å². The van der Waals surface area contributed by atoms with Gasteiger partial charge >= 0.3 is 6.36 Å². The first-order chi connectivity index (χ1) is 10.1. The largest absolute Gasteiger partial charge is 0.573 e. The van der Waals surface area contributed by atoms with Gasteiger partial charge in [0.25, 0.3) is 0 Å². The average Bonchev–Trinajstić information content (AvgIpc) is 2.37. The van der Waals surface area contributed by atoms with Crippen molar-refractivity contribution in [1.82, 2.24) is 5.32 Å². The van der Waals surface area contributed by atoms with Crippen molar-refractivity contribution < 1.29 is 22.7 Å². The number of alkyl halides is 3. The Kier molecular flexibility index (Phi) is 6.41. The number of benzene rings is 1. The molecule has 0 heterocycles. The van der Waals surface area contributed by atoms with E-state index in [1.165, 1.54) is 12.1 Å². The molecule has 1 N–H and O–H groups in total. The Morgan fingerprint density at radius 2 is 1.68 bits per heavy atom. The molecular weight excluding hydrogens is 295 g/mol. The van der Waals surface area contributed by atoms with E-state index in [-0.39, 0.29) is 29.5 Å². The molecule has 0 spiro atoms. The second-order valence-electron chi connectivity index (χ2n) is 5.83. The van der Waals surface area contributed by atoms with E-state index in [2.05, 4.69) is 10.1 Å². The van der Waals surface area contributed by atoms with Crippen molar-refractivity contribution >= 4 is 5.78 Å². The van der Waals surface area contributed by atoms with Crippen molar-refractivity contribution in [3.05, 3.63) is 29.8 Å². The fraction of sp³-hybridized carbons (Fsp3) is 0.562. The second kappa shape index (κ2) is 7.63. The zero-order chi connectivity index (χ0) is 16.9. The molecule has 0 aromatic heterocycles. The van der Waals surface area contributed by atoms with E-state index in [0.717, 1.165) is 5.56 Å². The van der Waals surface area contributed by atoms with Crippen LogP contribution in [0.3, 0.4) is 0 Å². The Morgan fingerprint density at radius 1 is 1.14 bits per heavy atom. The lowest BCUT2D eigenvalue weighted by Gasteiger charge is -2.22. The van der Waals surface area contributed by atoms with Crippen LogP contribution in [0.1, 0.15) is 33.3 Å². The molecule has 124 valence electrons. The topological polar surface area (TPSA) is 38.3 Å². The van der Waals surface area contributed by atoms with Gasteiger partial charge in [0.1, 0.15) is 5.75 Å². The highest BCUT2D eigenvalue weighted by Crippen LogP contribution is 2.23. The number of ether oxygens (including phenoxy) is 1. The van der Waals surface area contributed by atoms with E-state index in [1.807, 2.05) is 27.7 Å². The van der Waals surface area contributed by atoms with Crippen LogP contribution in [0.2, 0.25) is 0 Å². The first-order valence-corrected chi connectivity index (χ1v) is 7.23. The molecule has 3 nitrogen and oxygen atoms in total. The van der Waals surface area contributed by atoms with Crippen LogP contribution in [-0.4, -0.2) is 24.2 Å². The minimum absolute atomic E-state index is 0.0873. The van der Waals surface area contributed by atoms with Gasteiger partial charge in [0.2, 0.25) is 0 Å². The molecule has 0 bridgehead atoms. The third-order valence-corrected chi connectivity index (χ3v) is 3.04. The van der Waals surface area contributed by atoms with Crippen molar-refractivity contribution in [3.63, 3.8) is 0 Å². The van der Waals surface area contributed by atoms with Gasteiger partial charge in [-0.15, -0.1) is 13.2 Å². The smallest absolute Gasteiger partial charge is 0.406 e. The van der Waals surface area contributed by atoms with E-state index in [0.29, 0.717) is 6.42 Å². The molecular formula is C16H22F3NO2. The maximum absolute atomic E-state index is 12.2. The summed E-state index contributed by atoms with van der Waals surface area (Å²) >= 11 is 0. The lowest BCUT2D eigenvalue weighted by Crippen LogP contribution is -2.44. The van der Waals surface area contributed by atoms with Gasteiger partial charge in [0.05, 0.1) is 6.04 Å². The summed E-state index contributed by atoms with van der Waals surface area (Å²) in [5, 5.41) is 3.20. The van der Waals surface area contributed by atoms with Crippen molar-refractivity contribution in [3.8, 4) is 5.75 Å². The van der Waals surface area contributed by atoms with Crippen molar-refractivity contribution in [2.45, 2.75) is 52.6 Å². The van der Waals surface area contributed by atoms with Gasteiger partial charge in [0, 0.05) is 12.0 Å². The van der Waals surface area contributed by atoms with Gasteiger partial charge in [-0.05, 0) is 24.1 Å². The quantitative estimate of drug-likeness (QED) is 0.833. The minimum atomic E-state index is -4.70. The van der Waals surface area contributed by atoms with Crippen LogP contribution in [-0.2, 0) is 11.2 Å². The first kappa shape index (κ1) is 18.5. The standard InChI is InChI=1S/C16H22F3NO2/c1-10(2)15(21)14(20-11(3)4)9-12-5-7-13(8-6-12)22-16(17,18)19/h5-8,10-11,14,20H,9H2,1-4H3/t14-/m0/s1. The number of halogens is 3. The molecule has 0 aliphatic heterocycles. The van der Waals surface area contributed by atoms with Crippen molar-refractivity contribution in [2.75, 3.05) is 0 Å². The van der Waals surface area contributed by atoms with Crippen LogP contribution in [0.5, 0.6) is 5.75 Å². The molecule has 0 saturated heterocycles. The second-order valence-corrected chi connectivity index (χ2v) is 5.83. The Hall–Kier alpha value is -1.56. The summed E-state index contributed by atoms with van der Waals surface area (Å²) in [6.07, 6.45) is -4.27. The summed E-state index contributed by atoms with van der Waals surface area (Å²) in [6, 6.07) is 5.40. The van der Waals surface area contributed by atoms with E-state index in [4.69, 9.17) is 0 Å². The molecule has 1 atom stereocenters. The Balaban J connectivity index is 2.79. The molecule has 0 saturated carbocycles. The van der Waals surface area contributed by atoms with Gasteiger partial charge in [-0.2, -0.15) is 0 Å². The van der Waals surface area contributed by atoms with E-state index < -0.39 is 6.36 Å². The van der Waals surface area contributed by atoms with E-state index >= 15 is 0 Å². The molecule has 1 rings (SSSR count). The number of rotatable bonds is 7. The summed E-state index contributed by atoms with van der Waals surface area (Å²) in [6.45, 7) is 7.55. The predicted octanol–water partition coefficient (Wildman–Crippen LogP) is 3.72. The Labute approximate surface area is 128 Å². The molecule has 1 aromatic carbocycles. The minimum Gasteiger partial charge on any atom is -0.406 e. The van der Waals surface area contributed by atoms with E-state index in [9.17, 15) is 18.0 Å². The van der Waals surface area contributed by atoms with Crippen LogP contribution >= 0.6 is 0 Å². The number of ketones is 1. The fourth-order valence-electron chi connectivity index (χ4n) is 2.11. The summed E-state index contributed by atoms with van der Waals surface area (Å²) in [4.78, 5) is 12.2. The summed E-state index contributed by atoms with van der Waals surface area (Å²) in [5.74, 6) is -0.284. The summed E-state index contributed by atoms with van der Waals surface area (Å²) < 4.78 is 40.2. The van der Waals surface area contributed by atoms with Crippen LogP contribution in [0.4, 0.5) is 13.2 Å². The molecule has 0 fully saturated rings. The third kappa shape index (κ3) is 6.47. The van der Waals surface area contributed by atoms with Gasteiger partial charge in [0.15, 0.2) is 5.78 Å². The SMILES string of the molecule is CC(C)N[C@@H](Cc1ccc(OC(F)(F)F)cc1)C(=O)C(C)C. The predicted molar refractivity (Wildman–Crippen MR) is 78.7 cm³/mol. The highest BCUT2D eigenvalue weighted by atomic mass is 19.4. The van der Waals surface area contributed by atoms with Crippen LogP contribution in [0.15, 0.2) is 24.3 Å². The summed E-state index contributed by atoms with van der Waals surface area (Å²) in [5.41, 5.74) is 0.779. The number of Topliss-reactive ketones (excluding diaryl/α,β-unsaturated/α-hetero) is 1. The summed E-state index contributed by atoms with van der Waals surface area (Å²) in [7, 11) is 0. The highest BCUT2D eigenvalue weighted by molar-refractivity contribution is 5.86. The number of carbonyl (C=O) groups is 1. The first-order valence-electron chi connectivity index (χ1n) is 7.23. The lowest BCUT2D eigenvalue weighted by molar-refractivity contribution is -0.274. The number of hydrogen-bond donors (Lipinski definition) is 1. The zero-order valence-electron chi connectivity index (χ0n) is 13.2.